The van der Waals surface area contributed by atoms with E-state index < -0.39 is 0 Å². The third kappa shape index (κ3) is 3.53. The molecule has 0 saturated heterocycles. The molecule has 0 spiro atoms. The molecule has 16 heavy (non-hydrogen) atoms. The van der Waals surface area contributed by atoms with Crippen LogP contribution in [0.3, 0.4) is 0 Å². The van der Waals surface area contributed by atoms with Gasteiger partial charge in [-0.05, 0) is 38.0 Å². The lowest BCUT2D eigenvalue weighted by molar-refractivity contribution is 0.0938. The maximum atomic E-state index is 11.9. The molecule has 1 aromatic rings. The molecule has 0 aromatic heterocycles. The Bertz CT molecular complexity index is 376. The van der Waals surface area contributed by atoms with E-state index in [9.17, 15) is 4.79 Å². The quantitative estimate of drug-likeness (QED) is 0.855. The van der Waals surface area contributed by atoms with Crippen LogP contribution in [0.15, 0.2) is 18.2 Å². The average Bonchev–Trinajstić information content (AvgIpc) is 2.17. The van der Waals surface area contributed by atoms with Gasteiger partial charge in [-0.2, -0.15) is 0 Å². The highest BCUT2D eigenvalue weighted by Gasteiger charge is 2.12. The Labute approximate surface area is 102 Å². The van der Waals surface area contributed by atoms with E-state index in [0.29, 0.717) is 10.6 Å². The largest absolute Gasteiger partial charge is 0.350 e. The van der Waals surface area contributed by atoms with E-state index in [2.05, 4.69) is 12.2 Å². The summed E-state index contributed by atoms with van der Waals surface area (Å²) in [6, 6.07) is 5.66. The molecule has 1 atom stereocenters. The third-order valence-corrected chi connectivity index (χ3v) is 2.78. The summed E-state index contributed by atoms with van der Waals surface area (Å²) < 4.78 is 0. The molecule has 2 nitrogen and oxygen atoms in total. The summed E-state index contributed by atoms with van der Waals surface area (Å²) in [4.78, 5) is 11.9. The van der Waals surface area contributed by atoms with Crippen molar-refractivity contribution in [2.24, 2.45) is 0 Å². The fourth-order valence-corrected chi connectivity index (χ4v) is 1.93. The van der Waals surface area contributed by atoms with Crippen LogP contribution in [0, 0.1) is 6.92 Å². The number of carbonyl (C=O) groups is 1. The van der Waals surface area contributed by atoms with E-state index in [-0.39, 0.29) is 11.9 Å². The summed E-state index contributed by atoms with van der Waals surface area (Å²) in [5.74, 6) is -0.0917. The molecular weight excluding hydrogens is 222 g/mol. The Morgan fingerprint density at radius 3 is 2.75 bits per heavy atom. The molecule has 0 aliphatic carbocycles. The summed E-state index contributed by atoms with van der Waals surface area (Å²) >= 11 is 6.02. The second-order valence-electron chi connectivity index (χ2n) is 4.15. The summed E-state index contributed by atoms with van der Waals surface area (Å²) in [5.41, 5.74) is 1.61. The van der Waals surface area contributed by atoms with Crippen LogP contribution in [-0.2, 0) is 0 Å². The van der Waals surface area contributed by atoms with Gasteiger partial charge in [-0.15, -0.1) is 0 Å². The van der Waals surface area contributed by atoms with E-state index in [1.54, 1.807) is 12.1 Å². The molecule has 0 bridgehead atoms. The lowest BCUT2D eigenvalue weighted by Gasteiger charge is -2.13. The van der Waals surface area contributed by atoms with Gasteiger partial charge in [-0.25, -0.2) is 0 Å². The molecule has 0 aliphatic heterocycles. The highest BCUT2D eigenvalue weighted by molar-refractivity contribution is 6.33. The predicted octanol–water partition coefficient (Wildman–Crippen LogP) is 3.57. The van der Waals surface area contributed by atoms with Crippen LogP contribution < -0.4 is 5.32 Å². The van der Waals surface area contributed by atoms with Crippen molar-refractivity contribution in [1.29, 1.82) is 0 Å². The van der Waals surface area contributed by atoms with Crippen molar-refractivity contribution < 1.29 is 4.79 Å². The van der Waals surface area contributed by atoms with E-state index in [4.69, 9.17) is 11.6 Å². The monoisotopic (exact) mass is 239 g/mol. The molecular formula is C13H18ClNO. The maximum Gasteiger partial charge on any atom is 0.252 e. The van der Waals surface area contributed by atoms with Crippen molar-refractivity contribution in [2.45, 2.75) is 39.7 Å². The number of halogens is 1. The van der Waals surface area contributed by atoms with E-state index >= 15 is 0 Å². The molecule has 1 aromatic carbocycles. The van der Waals surface area contributed by atoms with Gasteiger partial charge in [0, 0.05) is 6.04 Å². The first-order chi connectivity index (χ1) is 7.54. The van der Waals surface area contributed by atoms with Crippen LogP contribution in [0.25, 0.3) is 0 Å². The SMILES string of the molecule is CCCC(C)NC(=O)c1ccc(C)cc1Cl. The molecule has 0 heterocycles. The van der Waals surface area contributed by atoms with Crippen molar-refractivity contribution in [3.05, 3.63) is 34.3 Å². The standard InChI is InChI=1S/C13H18ClNO/c1-4-5-10(3)15-13(16)11-7-6-9(2)8-12(11)14/h6-8,10H,4-5H2,1-3H3,(H,15,16). The summed E-state index contributed by atoms with van der Waals surface area (Å²) in [6.07, 6.45) is 2.04. The Balaban J connectivity index is 2.73. The minimum atomic E-state index is -0.0917. The van der Waals surface area contributed by atoms with Gasteiger partial charge in [0.1, 0.15) is 0 Å². The third-order valence-electron chi connectivity index (χ3n) is 2.47. The normalized spacial score (nSPS) is 12.2. The number of carbonyl (C=O) groups excluding carboxylic acids is 1. The van der Waals surface area contributed by atoms with Gasteiger partial charge in [0.2, 0.25) is 0 Å². The predicted molar refractivity (Wildman–Crippen MR) is 68.0 cm³/mol. The highest BCUT2D eigenvalue weighted by Crippen LogP contribution is 2.17. The highest BCUT2D eigenvalue weighted by atomic mass is 35.5. The molecule has 0 fully saturated rings. The summed E-state index contributed by atoms with van der Waals surface area (Å²) in [5, 5.41) is 3.45. The van der Waals surface area contributed by atoms with Crippen molar-refractivity contribution in [3.63, 3.8) is 0 Å². The number of aryl methyl sites for hydroxylation is 1. The second-order valence-corrected chi connectivity index (χ2v) is 4.55. The molecule has 1 unspecified atom stereocenters. The zero-order valence-electron chi connectivity index (χ0n) is 10.0. The topological polar surface area (TPSA) is 29.1 Å². The minimum Gasteiger partial charge on any atom is -0.350 e. The molecule has 1 N–H and O–H groups in total. The number of hydrogen-bond acceptors (Lipinski definition) is 1. The Kier molecular flexibility index (Phi) is 4.81. The fraction of sp³-hybridized carbons (Fsp3) is 0.462. The second kappa shape index (κ2) is 5.90. The lowest BCUT2D eigenvalue weighted by atomic mass is 10.1. The lowest BCUT2D eigenvalue weighted by Crippen LogP contribution is -2.32. The van der Waals surface area contributed by atoms with Crippen LogP contribution in [0.2, 0.25) is 5.02 Å². The average molecular weight is 240 g/mol. The molecule has 3 heteroatoms. The zero-order chi connectivity index (χ0) is 12.1. The maximum absolute atomic E-state index is 11.9. The van der Waals surface area contributed by atoms with E-state index in [0.717, 1.165) is 18.4 Å². The number of nitrogens with one attached hydrogen (secondary N) is 1. The Hall–Kier alpha value is -1.02. The smallest absolute Gasteiger partial charge is 0.252 e. The van der Waals surface area contributed by atoms with E-state index in [1.807, 2.05) is 19.9 Å². The Morgan fingerprint density at radius 2 is 2.19 bits per heavy atom. The van der Waals surface area contributed by atoms with Crippen LogP contribution in [-0.4, -0.2) is 11.9 Å². The Morgan fingerprint density at radius 1 is 1.50 bits per heavy atom. The van der Waals surface area contributed by atoms with Crippen LogP contribution in [0.4, 0.5) is 0 Å². The number of rotatable bonds is 4. The van der Waals surface area contributed by atoms with Crippen LogP contribution in [0.1, 0.15) is 42.6 Å². The minimum absolute atomic E-state index is 0.0917. The first kappa shape index (κ1) is 13.0. The zero-order valence-corrected chi connectivity index (χ0v) is 10.8. The molecule has 1 rings (SSSR count). The fourth-order valence-electron chi connectivity index (χ4n) is 1.61. The van der Waals surface area contributed by atoms with E-state index in [1.165, 1.54) is 0 Å². The number of benzene rings is 1. The first-order valence-electron chi connectivity index (χ1n) is 5.61. The molecule has 1 amide bonds. The van der Waals surface area contributed by atoms with Gasteiger partial charge in [-0.1, -0.05) is 31.0 Å². The van der Waals surface area contributed by atoms with Gasteiger partial charge in [0.05, 0.1) is 10.6 Å². The van der Waals surface area contributed by atoms with Crippen molar-refractivity contribution in [1.82, 2.24) is 5.32 Å². The van der Waals surface area contributed by atoms with Crippen LogP contribution in [0.5, 0.6) is 0 Å². The molecule has 88 valence electrons. The van der Waals surface area contributed by atoms with Crippen LogP contribution >= 0.6 is 11.6 Å². The van der Waals surface area contributed by atoms with Crippen molar-refractivity contribution >= 4 is 17.5 Å². The molecule has 0 radical (unpaired) electrons. The van der Waals surface area contributed by atoms with Gasteiger partial charge < -0.3 is 5.32 Å². The van der Waals surface area contributed by atoms with Gasteiger partial charge >= 0.3 is 0 Å². The number of hydrogen-bond donors (Lipinski definition) is 1. The molecule has 0 saturated carbocycles. The molecule has 0 aliphatic rings. The van der Waals surface area contributed by atoms with Gasteiger partial charge in [-0.3, -0.25) is 4.79 Å². The van der Waals surface area contributed by atoms with Crippen molar-refractivity contribution in [2.75, 3.05) is 0 Å². The summed E-state index contributed by atoms with van der Waals surface area (Å²) in [7, 11) is 0. The van der Waals surface area contributed by atoms with Gasteiger partial charge in [0.25, 0.3) is 5.91 Å². The van der Waals surface area contributed by atoms with Crippen molar-refractivity contribution in [3.8, 4) is 0 Å². The van der Waals surface area contributed by atoms with Gasteiger partial charge in [0.15, 0.2) is 0 Å². The number of amides is 1. The first-order valence-corrected chi connectivity index (χ1v) is 5.99. The summed E-state index contributed by atoms with van der Waals surface area (Å²) in [6.45, 7) is 6.05.